The molecule has 2 unspecified atom stereocenters. The fourth-order valence-electron chi connectivity index (χ4n) is 2.71. The van der Waals surface area contributed by atoms with E-state index >= 15 is 0 Å². The summed E-state index contributed by atoms with van der Waals surface area (Å²) in [6.07, 6.45) is 4.24. The molecule has 1 aromatic rings. The topological polar surface area (TPSA) is 29.5 Å². The highest BCUT2D eigenvalue weighted by Gasteiger charge is 2.31. The first-order valence-electron chi connectivity index (χ1n) is 6.80. The Morgan fingerprint density at radius 1 is 1.40 bits per heavy atom. The van der Waals surface area contributed by atoms with Crippen molar-refractivity contribution in [3.05, 3.63) is 29.6 Å². The maximum absolute atomic E-state index is 14.0. The van der Waals surface area contributed by atoms with Gasteiger partial charge >= 0.3 is 0 Å². The molecular formula is C15H19BrFNO2. The highest BCUT2D eigenvalue weighted by molar-refractivity contribution is 9.09. The lowest BCUT2D eigenvalue weighted by molar-refractivity contribution is 0.0696. The van der Waals surface area contributed by atoms with Gasteiger partial charge in [0.2, 0.25) is 0 Å². The van der Waals surface area contributed by atoms with Crippen LogP contribution in [0.25, 0.3) is 0 Å². The summed E-state index contributed by atoms with van der Waals surface area (Å²) in [5.74, 6) is -0.580. The van der Waals surface area contributed by atoms with Gasteiger partial charge in [-0.2, -0.15) is 0 Å². The van der Waals surface area contributed by atoms with E-state index in [-0.39, 0.29) is 28.1 Å². The van der Waals surface area contributed by atoms with E-state index in [2.05, 4.69) is 15.9 Å². The number of nitrogens with zero attached hydrogens (tertiary/aromatic N) is 1. The minimum absolute atomic E-state index is 0.0165. The molecule has 1 amide bonds. The summed E-state index contributed by atoms with van der Waals surface area (Å²) in [6.45, 7) is 0. The molecule has 0 bridgehead atoms. The van der Waals surface area contributed by atoms with E-state index in [9.17, 15) is 9.18 Å². The second-order valence-corrected chi connectivity index (χ2v) is 6.28. The maximum atomic E-state index is 14.0. The van der Waals surface area contributed by atoms with Crippen molar-refractivity contribution in [1.82, 2.24) is 4.90 Å². The van der Waals surface area contributed by atoms with Crippen LogP contribution < -0.4 is 4.74 Å². The average Bonchev–Trinajstić information content (AvgIpc) is 2.46. The molecule has 1 aliphatic rings. The predicted octanol–water partition coefficient (Wildman–Crippen LogP) is 3.61. The molecule has 2 rings (SSSR count). The summed E-state index contributed by atoms with van der Waals surface area (Å²) in [6, 6.07) is 4.53. The van der Waals surface area contributed by atoms with Crippen molar-refractivity contribution in [3.63, 3.8) is 0 Å². The normalized spacial score (nSPS) is 22.4. The van der Waals surface area contributed by atoms with Crippen molar-refractivity contribution >= 4 is 21.8 Å². The Balaban J connectivity index is 2.26. The van der Waals surface area contributed by atoms with Gasteiger partial charge in [0.05, 0.1) is 7.11 Å². The number of hydrogen-bond acceptors (Lipinski definition) is 2. The van der Waals surface area contributed by atoms with Crippen LogP contribution in [0.5, 0.6) is 5.75 Å². The van der Waals surface area contributed by atoms with Gasteiger partial charge in [-0.25, -0.2) is 4.39 Å². The molecule has 5 heteroatoms. The molecule has 0 spiro atoms. The summed E-state index contributed by atoms with van der Waals surface area (Å²) in [7, 11) is 3.18. The number of carbonyl (C=O) groups is 1. The van der Waals surface area contributed by atoms with Crippen LogP contribution >= 0.6 is 15.9 Å². The molecule has 0 saturated heterocycles. The fraction of sp³-hybridized carbons (Fsp3) is 0.533. The third kappa shape index (κ3) is 2.97. The predicted molar refractivity (Wildman–Crippen MR) is 80.0 cm³/mol. The molecule has 0 aromatic heterocycles. The Kier molecular flexibility index (Phi) is 5.02. The maximum Gasteiger partial charge on any atom is 0.260 e. The molecule has 0 radical (unpaired) electrons. The molecule has 0 N–H and O–H groups in total. The first kappa shape index (κ1) is 15.3. The summed E-state index contributed by atoms with van der Waals surface area (Å²) in [5.41, 5.74) is 0.0165. The number of amides is 1. The average molecular weight is 344 g/mol. The van der Waals surface area contributed by atoms with E-state index in [0.717, 1.165) is 25.7 Å². The summed E-state index contributed by atoms with van der Waals surface area (Å²) >= 11 is 3.63. The van der Waals surface area contributed by atoms with Gasteiger partial charge in [0.1, 0.15) is 17.1 Å². The highest BCUT2D eigenvalue weighted by atomic mass is 79.9. The van der Waals surface area contributed by atoms with Crippen molar-refractivity contribution in [2.75, 3.05) is 14.2 Å². The van der Waals surface area contributed by atoms with Gasteiger partial charge < -0.3 is 9.64 Å². The third-order valence-electron chi connectivity index (χ3n) is 3.87. The second-order valence-electron chi connectivity index (χ2n) is 5.10. The van der Waals surface area contributed by atoms with Crippen molar-refractivity contribution in [2.45, 2.75) is 36.6 Å². The number of carbonyl (C=O) groups excluding carboxylic acids is 1. The quantitative estimate of drug-likeness (QED) is 0.784. The van der Waals surface area contributed by atoms with Gasteiger partial charge in [0.15, 0.2) is 0 Å². The number of benzene rings is 1. The number of halogens is 2. The van der Waals surface area contributed by atoms with Crippen LogP contribution in [0.4, 0.5) is 4.39 Å². The number of ether oxygens (including phenoxy) is 1. The minimum atomic E-state index is -0.539. The zero-order valence-corrected chi connectivity index (χ0v) is 13.3. The van der Waals surface area contributed by atoms with E-state index in [1.54, 1.807) is 24.1 Å². The third-order valence-corrected chi connectivity index (χ3v) is 4.94. The van der Waals surface area contributed by atoms with Crippen LogP contribution in [0.2, 0.25) is 0 Å². The van der Waals surface area contributed by atoms with Crippen LogP contribution in [0.1, 0.15) is 36.0 Å². The summed E-state index contributed by atoms with van der Waals surface area (Å²) in [4.78, 5) is 14.5. The number of hydrogen-bond donors (Lipinski definition) is 0. The van der Waals surface area contributed by atoms with E-state index < -0.39 is 5.82 Å². The Hall–Kier alpha value is -1.10. The monoisotopic (exact) mass is 343 g/mol. The first-order valence-corrected chi connectivity index (χ1v) is 7.71. The van der Waals surface area contributed by atoms with Crippen LogP contribution in [0, 0.1) is 5.82 Å². The number of alkyl halides is 1. The van der Waals surface area contributed by atoms with Gasteiger partial charge in [0.25, 0.3) is 5.91 Å². The van der Waals surface area contributed by atoms with Crippen LogP contribution in [-0.2, 0) is 0 Å². The van der Waals surface area contributed by atoms with Gasteiger partial charge in [0, 0.05) is 17.9 Å². The van der Waals surface area contributed by atoms with Crippen molar-refractivity contribution in [3.8, 4) is 5.75 Å². The lowest BCUT2D eigenvalue weighted by atomic mass is 9.94. The largest absolute Gasteiger partial charge is 0.496 e. The van der Waals surface area contributed by atoms with Crippen molar-refractivity contribution < 1.29 is 13.9 Å². The van der Waals surface area contributed by atoms with Gasteiger partial charge in [-0.3, -0.25) is 4.79 Å². The molecule has 1 aliphatic carbocycles. The van der Waals surface area contributed by atoms with Crippen LogP contribution in [0.15, 0.2) is 18.2 Å². The first-order chi connectivity index (χ1) is 9.56. The Morgan fingerprint density at radius 2 is 2.10 bits per heavy atom. The number of rotatable bonds is 3. The van der Waals surface area contributed by atoms with Crippen molar-refractivity contribution in [2.24, 2.45) is 0 Å². The Bertz CT molecular complexity index is 495. The summed E-state index contributed by atoms with van der Waals surface area (Å²) < 4.78 is 19.1. The van der Waals surface area contributed by atoms with E-state index in [1.807, 2.05) is 0 Å². The Labute approximate surface area is 127 Å². The number of methoxy groups -OCH3 is 1. The van der Waals surface area contributed by atoms with Crippen LogP contribution in [0.3, 0.4) is 0 Å². The van der Waals surface area contributed by atoms with Crippen molar-refractivity contribution in [1.29, 1.82) is 0 Å². The van der Waals surface area contributed by atoms with E-state index in [4.69, 9.17) is 4.74 Å². The molecule has 20 heavy (non-hydrogen) atoms. The summed E-state index contributed by atoms with van der Waals surface area (Å²) in [5, 5.41) is 0. The molecule has 0 heterocycles. The zero-order valence-electron chi connectivity index (χ0n) is 11.7. The lowest BCUT2D eigenvalue weighted by Crippen LogP contribution is -2.44. The fourth-order valence-corrected chi connectivity index (χ4v) is 3.65. The zero-order chi connectivity index (χ0) is 14.7. The van der Waals surface area contributed by atoms with Crippen LogP contribution in [-0.4, -0.2) is 35.8 Å². The highest BCUT2D eigenvalue weighted by Crippen LogP contribution is 2.30. The van der Waals surface area contributed by atoms with Gasteiger partial charge in [-0.05, 0) is 25.0 Å². The lowest BCUT2D eigenvalue weighted by Gasteiger charge is -2.35. The van der Waals surface area contributed by atoms with E-state index in [0.29, 0.717) is 0 Å². The second kappa shape index (κ2) is 6.57. The smallest absolute Gasteiger partial charge is 0.260 e. The van der Waals surface area contributed by atoms with Gasteiger partial charge in [-0.1, -0.05) is 34.8 Å². The molecule has 1 saturated carbocycles. The standard InChI is InChI=1S/C15H19BrFNO2/c1-18(12-8-4-3-6-10(12)16)15(19)14-11(17)7-5-9-13(14)20-2/h5,7,9-10,12H,3-4,6,8H2,1-2H3. The molecule has 0 aliphatic heterocycles. The SMILES string of the molecule is COc1cccc(F)c1C(=O)N(C)C1CCCCC1Br. The molecule has 1 aromatic carbocycles. The molecule has 110 valence electrons. The minimum Gasteiger partial charge on any atom is -0.496 e. The van der Waals surface area contributed by atoms with E-state index in [1.165, 1.54) is 13.2 Å². The molecular weight excluding hydrogens is 325 g/mol. The molecule has 3 nitrogen and oxygen atoms in total. The molecule has 1 fully saturated rings. The Morgan fingerprint density at radius 3 is 2.75 bits per heavy atom. The molecule has 2 atom stereocenters. The van der Waals surface area contributed by atoms with Gasteiger partial charge in [-0.15, -0.1) is 0 Å².